The molecule has 1 aliphatic heterocycles. The Kier molecular flexibility index (Phi) is 6.53. The third-order valence-electron chi connectivity index (χ3n) is 4.16. The van der Waals surface area contributed by atoms with E-state index in [1.54, 1.807) is 0 Å². The first-order chi connectivity index (χ1) is 12.3. The number of alkyl halides is 1. The van der Waals surface area contributed by atoms with E-state index in [-0.39, 0.29) is 6.61 Å². The van der Waals surface area contributed by atoms with E-state index >= 15 is 0 Å². The van der Waals surface area contributed by atoms with Crippen LogP contribution in [0.4, 0.5) is 4.39 Å². The highest BCUT2D eigenvalue weighted by atomic mass is 19.1. The Morgan fingerprint density at radius 1 is 0.920 bits per heavy atom. The number of rotatable bonds is 8. The van der Waals surface area contributed by atoms with Gasteiger partial charge in [0.1, 0.15) is 12.2 Å². The molecule has 25 heavy (non-hydrogen) atoms. The molecule has 2 aromatic carbocycles. The molecule has 0 radical (unpaired) electrons. The first-order valence-electron chi connectivity index (χ1n) is 8.37. The molecule has 1 fully saturated rings. The maximum absolute atomic E-state index is 14.5. The van der Waals surface area contributed by atoms with Gasteiger partial charge in [0.2, 0.25) is 0 Å². The van der Waals surface area contributed by atoms with Crippen molar-refractivity contribution in [1.82, 2.24) is 0 Å². The number of ether oxygens (including phenoxy) is 4. The molecular weight excluding hydrogens is 323 g/mol. The molecule has 1 heterocycles. The van der Waals surface area contributed by atoms with E-state index in [0.29, 0.717) is 13.2 Å². The molecular formula is C20H23FO4. The van der Waals surface area contributed by atoms with Gasteiger partial charge in [0.05, 0.1) is 19.8 Å². The maximum Gasteiger partial charge on any atom is 0.191 e. The largest absolute Gasteiger partial charge is 0.374 e. The average Bonchev–Trinajstić information content (AvgIpc) is 2.97. The highest BCUT2D eigenvalue weighted by Gasteiger charge is 2.46. The van der Waals surface area contributed by atoms with Crippen LogP contribution in [0.5, 0.6) is 0 Å². The topological polar surface area (TPSA) is 36.9 Å². The molecule has 0 spiro atoms. The van der Waals surface area contributed by atoms with Crippen molar-refractivity contribution in [3.05, 3.63) is 71.8 Å². The monoisotopic (exact) mass is 346 g/mol. The van der Waals surface area contributed by atoms with Crippen molar-refractivity contribution in [3.63, 3.8) is 0 Å². The predicted molar refractivity (Wildman–Crippen MR) is 91.7 cm³/mol. The predicted octanol–water partition coefficient (Wildman–Crippen LogP) is 3.50. The summed E-state index contributed by atoms with van der Waals surface area (Å²) in [7, 11) is 1.43. The Morgan fingerprint density at radius 3 is 2.12 bits per heavy atom. The van der Waals surface area contributed by atoms with Gasteiger partial charge in [-0.05, 0) is 11.1 Å². The van der Waals surface area contributed by atoms with E-state index in [1.807, 2.05) is 60.7 Å². The zero-order valence-electron chi connectivity index (χ0n) is 14.2. The summed E-state index contributed by atoms with van der Waals surface area (Å²) >= 11 is 0. The molecule has 0 aliphatic carbocycles. The Bertz CT molecular complexity index is 622. The fourth-order valence-electron chi connectivity index (χ4n) is 2.84. The Balaban J connectivity index is 1.55. The van der Waals surface area contributed by atoms with Gasteiger partial charge in [-0.15, -0.1) is 0 Å². The van der Waals surface area contributed by atoms with E-state index in [9.17, 15) is 4.39 Å². The molecule has 4 atom stereocenters. The molecule has 4 nitrogen and oxygen atoms in total. The van der Waals surface area contributed by atoms with Crippen LogP contribution in [0.15, 0.2) is 60.7 Å². The van der Waals surface area contributed by atoms with Gasteiger partial charge in [0.25, 0.3) is 0 Å². The van der Waals surface area contributed by atoms with Gasteiger partial charge in [-0.2, -0.15) is 0 Å². The SMILES string of the molecule is COC1O[C@H](COCc2ccccc2)[C@@H](OCc2ccccc2)[C@@H]1F. The first kappa shape index (κ1) is 18.0. The summed E-state index contributed by atoms with van der Waals surface area (Å²) in [5, 5.41) is 0. The lowest BCUT2D eigenvalue weighted by atomic mass is 10.1. The molecule has 1 aliphatic rings. The molecule has 3 rings (SSSR count). The minimum absolute atomic E-state index is 0.245. The van der Waals surface area contributed by atoms with Gasteiger partial charge in [-0.3, -0.25) is 0 Å². The van der Waals surface area contributed by atoms with Crippen molar-refractivity contribution in [2.24, 2.45) is 0 Å². The second-order valence-corrected chi connectivity index (χ2v) is 5.98. The van der Waals surface area contributed by atoms with Crippen molar-refractivity contribution in [2.45, 2.75) is 37.9 Å². The van der Waals surface area contributed by atoms with Gasteiger partial charge in [-0.1, -0.05) is 60.7 Å². The summed E-state index contributed by atoms with van der Waals surface area (Å²) in [4.78, 5) is 0. The van der Waals surface area contributed by atoms with Crippen molar-refractivity contribution < 1.29 is 23.3 Å². The second-order valence-electron chi connectivity index (χ2n) is 5.98. The van der Waals surface area contributed by atoms with Crippen LogP contribution in [-0.2, 0) is 32.2 Å². The van der Waals surface area contributed by atoms with Crippen LogP contribution in [-0.4, -0.2) is 38.4 Å². The van der Waals surface area contributed by atoms with E-state index in [2.05, 4.69) is 0 Å². The Morgan fingerprint density at radius 2 is 1.52 bits per heavy atom. The van der Waals surface area contributed by atoms with E-state index in [0.717, 1.165) is 11.1 Å². The summed E-state index contributed by atoms with van der Waals surface area (Å²) in [6.45, 7) is 1.01. The number of benzene rings is 2. The van der Waals surface area contributed by atoms with E-state index < -0.39 is 24.7 Å². The summed E-state index contributed by atoms with van der Waals surface area (Å²) in [5.41, 5.74) is 2.04. The smallest absolute Gasteiger partial charge is 0.191 e. The van der Waals surface area contributed by atoms with Gasteiger partial charge in [0.15, 0.2) is 12.5 Å². The minimum Gasteiger partial charge on any atom is -0.374 e. The molecule has 1 saturated heterocycles. The molecule has 0 bridgehead atoms. The standard InChI is InChI=1S/C20H23FO4/c1-22-20-18(21)19(24-13-16-10-6-3-7-11-16)17(25-20)14-23-12-15-8-4-2-5-9-15/h2-11,17-20H,12-14H2,1H3/t17-,18+,19-,20?/m1/s1. The third kappa shape index (κ3) is 4.86. The van der Waals surface area contributed by atoms with Gasteiger partial charge in [-0.25, -0.2) is 4.39 Å². The molecule has 5 heteroatoms. The maximum atomic E-state index is 14.5. The Labute approximate surface area is 147 Å². The zero-order chi connectivity index (χ0) is 17.5. The second kappa shape index (κ2) is 9.06. The Hall–Kier alpha value is -1.79. The summed E-state index contributed by atoms with van der Waals surface area (Å²) in [6.07, 6.45) is -3.50. The number of halogens is 1. The van der Waals surface area contributed by atoms with Crippen LogP contribution in [0.25, 0.3) is 0 Å². The van der Waals surface area contributed by atoms with Crippen LogP contribution in [0.2, 0.25) is 0 Å². The quantitative estimate of drug-likeness (QED) is 0.733. The first-order valence-corrected chi connectivity index (χ1v) is 8.37. The van der Waals surface area contributed by atoms with Crippen molar-refractivity contribution >= 4 is 0 Å². The van der Waals surface area contributed by atoms with Crippen molar-refractivity contribution in [2.75, 3.05) is 13.7 Å². The summed E-state index contributed by atoms with van der Waals surface area (Å²) < 4.78 is 36.7. The normalized spacial score (nSPS) is 26.0. The molecule has 2 aromatic rings. The van der Waals surface area contributed by atoms with Crippen LogP contribution < -0.4 is 0 Å². The molecule has 0 N–H and O–H groups in total. The number of hydrogen-bond acceptors (Lipinski definition) is 4. The summed E-state index contributed by atoms with van der Waals surface area (Å²) in [5.74, 6) is 0. The molecule has 1 unspecified atom stereocenters. The molecule has 0 saturated carbocycles. The lowest BCUT2D eigenvalue weighted by Gasteiger charge is -2.20. The van der Waals surface area contributed by atoms with Crippen LogP contribution >= 0.6 is 0 Å². The van der Waals surface area contributed by atoms with Crippen LogP contribution in [0.3, 0.4) is 0 Å². The third-order valence-corrected chi connectivity index (χ3v) is 4.16. The number of methoxy groups -OCH3 is 1. The van der Waals surface area contributed by atoms with Crippen LogP contribution in [0.1, 0.15) is 11.1 Å². The van der Waals surface area contributed by atoms with Gasteiger partial charge >= 0.3 is 0 Å². The highest BCUT2D eigenvalue weighted by molar-refractivity contribution is 5.14. The highest BCUT2D eigenvalue weighted by Crippen LogP contribution is 2.28. The zero-order valence-corrected chi connectivity index (χ0v) is 14.2. The lowest BCUT2D eigenvalue weighted by Crippen LogP contribution is -2.35. The van der Waals surface area contributed by atoms with Crippen LogP contribution in [0, 0.1) is 0 Å². The summed E-state index contributed by atoms with van der Waals surface area (Å²) in [6, 6.07) is 19.5. The fraction of sp³-hybridized carbons (Fsp3) is 0.400. The van der Waals surface area contributed by atoms with Crippen molar-refractivity contribution in [1.29, 1.82) is 0 Å². The molecule has 0 amide bonds. The van der Waals surface area contributed by atoms with Gasteiger partial charge < -0.3 is 18.9 Å². The lowest BCUT2D eigenvalue weighted by molar-refractivity contribution is -0.147. The fourth-order valence-corrected chi connectivity index (χ4v) is 2.84. The number of hydrogen-bond donors (Lipinski definition) is 0. The molecule has 134 valence electrons. The van der Waals surface area contributed by atoms with E-state index in [1.165, 1.54) is 7.11 Å². The van der Waals surface area contributed by atoms with E-state index in [4.69, 9.17) is 18.9 Å². The molecule has 0 aromatic heterocycles. The minimum atomic E-state index is -1.35. The van der Waals surface area contributed by atoms with Crippen molar-refractivity contribution in [3.8, 4) is 0 Å². The van der Waals surface area contributed by atoms with Gasteiger partial charge in [0, 0.05) is 7.11 Å². The average molecular weight is 346 g/mol.